The fourth-order valence-corrected chi connectivity index (χ4v) is 4.95. The van der Waals surface area contributed by atoms with Crippen LogP contribution in [0.4, 0.5) is 10.1 Å². The van der Waals surface area contributed by atoms with E-state index in [-0.39, 0.29) is 28.8 Å². The molecule has 0 bridgehead atoms. The Morgan fingerprint density at radius 2 is 2.11 bits per heavy atom. The van der Waals surface area contributed by atoms with Crippen molar-refractivity contribution in [3.05, 3.63) is 47.2 Å². The third-order valence-corrected chi connectivity index (χ3v) is 7.24. The highest BCUT2D eigenvalue weighted by Crippen LogP contribution is 2.49. The van der Waals surface area contributed by atoms with Crippen LogP contribution in [0.15, 0.2) is 24.4 Å². The van der Waals surface area contributed by atoms with Gasteiger partial charge in [0.1, 0.15) is 11.5 Å². The number of hydrogen-bond acceptors (Lipinski definition) is 6. The van der Waals surface area contributed by atoms with Crippen LogP contribution in [0.5, 0.6) is 5.88 Å². The monoisotopic (exact) mass is 484 g/mol. The summed E-state index contributed by atoms with van der Waals surface area (Å²) in [4.78, 5) is 21.3. The predicted octanol–water partition coefficient (Wildman–Crippen LogP) is 5.57. The highest BCUT2D eigenvalue weighted by atomic mass is 19.1. The molecule has 0 aliphatic carbocycles. The summed E-state index contributed by atoms with van der Waals surface area (Å²) >= 11 is 0. The molecule has 2 heterocycles. The van der Waals surface area contributed by atoms with Crippen LogP contribution in [-0.2, 0) is 10.2 Å². The molecule has 1 saturated heterocycles. The van der Waals surface area contributed by atoms with Crippen molar-refractivity contribution in [1.82, 2.24) is 9.97 Å². The van der Waals surface area contributed by atoms with Gasteiger partial charge < -0.3 is 20.2 Å². The van der Waals surface area contributed by atoms with Crippen molar-refractivity contribution in [3.63, 3.8) is 0 Å². The number of rotatable bonds is 8. The Morgan fingerprint density at radius 1 is 1.40 bits per heavy atom. The summed E-state index contributed by atoms with van der Waals surface area (Å²) in [6, 6.07) is 4.66. The second kappa shape index (κ2) is 10.4. The van der Waals surface area contributed by atoms with Crippen LogP contribution in [0.2, 0.25) is 0 Å². The van der Waals surface area contributed by atoms with E-state index in [0.29, 0.717) is 48.2 Å². The molecule has 8 heteroatoms. The topological polar surface area (TPSA) is 97.2 Å². The van der Waals surface area contributed by atoms with Gasteiger partial charge >= 0.3 is 0 Å². The van der Waals surface area contributed by atoms with Gasteiger partial charge in [-0.25, -0.2) is 14.4 Å². The summed E-state index contributed by atoms with van der Waals surface area (Å²) in [6.07, 6.45) is 2.73. The highest BCUT2D eigenvalue weighted by Gasteiger charge is 2.50. The van der Waals surface area contributed by atoms with Gasteiger partial charge in [-0.05, 0) is 54.4 Å². The third-order valence-electron chi connectivity index (χ3n) is 7.24. The van der Waals surface area contributed by atoms with Gasteiger partial charge in [0.05, 0.1) is 32.2 Å². The number of nitrogens with zero attached hydrogens (tertiary/aromatic N) is 2. The molecular weight excluding hydrogens is 447 g/mol. The normalized spacial score (nSPS) is 21.0. The van der Waals surface area contributed by atoms with Gasteiger partial charge in [-0.2, -0.15) is 0 Å². The largest absolute Gasteiger partial charge is 0.480 e. The van der Waals surface area contributed by atoms with Gasteiger partial charge in [0.25, 0.3) is 5.91 Å². The van der Waals surface area contributed by atoms with E-state index in [1.54, 1.807) is 19.1 Å². The third kappa shape index (κ3) is 5.37. The second-order valence-electron chi connectivity index (χ2n) is 10.5. The summed E-state index contributed by atoms with van der Waals surface area (Å²) in [5, 5.41) is 11.5. The highest BCUT2D eigenvalue weighted by molar-refractivity contribution is 6.03. The summed E-state index contributed by atoms with van der Waals surface area (Å²) < 4.78 is 26.4. The first-order chi connectivity index (χ1) is 16.4. The average molecular weight is 485 g/mol. The molecule has 3 rings (SSSR count). The van der Waals surface area contributed by atoms with E-state index in [1.807, 2.05) is 20.8 Å². The average Bonchev–Trinajstić information content (AvgIpc) is 3.19. The fourth-order valence-electron chi connectivity index (χ4n) is 4.95. The molecule has 35 heavy (non-hydrogen) atoms. The van der Waals surface area contributed by atoms with E-state index in [0.717, 1.165) is 6.42 Å². The molecule has 7 nitrogen and oxygen atoms in total. The standard InChI is InChI=1S/C27H37FN4O3/c1-8-18(11-22(29)26(4,5)6)27(15-35-14-16(27)2)20-12-19(9-10-21(20)28)32-25(33)24-17(3)31-23(34-7)13-30-24/h9-10,12-13,16,18,29H,8,11,14-15H2,1-7H3,(H,32,33). The Balaban J connectivity index is 1.99. The molecule has 190 valence electrons. The number of anilines is 1. The number of ether oxygens (including phenoxy) is 2. The Morgan fingerprint density at radius 3 is 2.66 bits per heavy atom. The van der Waals surface area contributed by atoms with Crippen molar-refractivity contribution >= 4 is 17.3 Å². The molecule has 2 aromatic rings. The van der Waals surface area contributed by atoms with Crippen molar-refractivity contribution in [3.8, 4) is 5.88 Å². The van der Waals surface area contributed by atoms with Crippen LogP contribution in [0.25, 0.3) is 0 Å². The lowest BCUT2D eigenvalue weighted by atomic mass is 9.61. The van der Waals surface area contributed by atoms with Gasteiger partial charge in [-0.1, -0.05) is 41.0 Å². The number of aromatic nitrogens is 2. The lowest BCUT2D eigenvalue weighted by Crippen LogP contribution is -2.43. The van der Waals surface area contributed by atoms with Crippen LogP contribution in [0.1, 0.15) is 69.2 Å². The molecule has 1 aliphatic heterocycles. The maximum absolute atomic E-state index is 15.5. The molecule has 1 aromatic carbocycles. The van der Waals surface area contributed by atoms with Crippen molar-refractivity contribution in [1.29, 1.82) is 5.41 Å². The Bertz CT molecular complexity index is 1100. The zero-order chi connectivity index (χ0) is 26.0. The first-order valence-electron chi connectivity index (χ1n) is 12.1. The Hall–Kier alpha value is -2.87. The van der Waals surface area contributed by atoms with Gasteiger partial charge in [-0.15, -0.1) is 0 Å². The Labute approximate surface area is 207 Å². The molecular formula is C27H37FN4O3. The molecule has 3 atom stereocenters. The van der Waals surface area contributed by atoms with Crippen molar-refractivity contribution < 1.29 is 18.7 Å². The number of hydrogen-bond donors (Lipinski definition) is 2. The lowest BCUT2D eigenvalue weighted by Gasteiger charge is -2.41. The number of benzene rings is 1. The lowest BCUT2D eigenvalue weighted by molar-refractivity contribution is 0.102. The number of aryl methyl sites for hydroxylation is 1. The second-order valence-corrected chi connectivity index (χ2v) is 10.5. The predicted molar refractivity (Wildman–Crippen MR) is 135 cm³/mol. The van der Waals surface area contributed by atoms with Crippen molar-refractivity contribution in [2.45, 2.75) is 59.8 Å². The van der Waals surface area contributed by atoms with Crippen LogP contribution in [-0.4, -0.2) is 41.9 Å². The first kappa shape index (κ1) is 26.7. The molecule has 1 fully saturated rings. The van der Waals surface area contributed by atoms with Crippen LogP contribution in [0, 0.1) is 35.4 Å². The van der Waals surface area contributed by atoms with E-state index >= 15 is 4.39 Å². The van der Waals surface area contributed by atoms with E-state index in [1.165, 1.54) is 19.4 Å². The zero-order valence-electron chi connectivity index (χ0n) is 21.8. The van der Waals surface area contributed by atoms with Crippen molar-refractivity contribution in [2.75, 3.05) is 25.6 Å². The van der Waals surface area contributed by atoms with Crippen molar-refractivity contribution in [2.24, 2.45) is 17.3 Å². The van der Waals surface area contributed by atoms with Gasteiger partial charge in [0.2, 0.25) is 5.88 Å². The molecule has 0 spiro atoms. The molecule has 0 radical (unpaired) electrons. The Kier molecular flexibility index (Phi) is 7.94. The number of nitrogens with one attached hydrogen (secondary N) is 2. The maximum Gasteiger partial charge on any atom is 0.276 e. The van der Waals surface area contributed by atoms with E-state index < -0.39 is 11.3 Å². The minimum atomic E-state index is -0.604. The summed E-state index contributed by atoms with van der Waals surface area (Å²) in [7, 11) is 1.49. The van der Waals surface area contributed by atoms with Crippen LogP contribution < -0.4 is 10.1 Å². The van der Waals surface area contributed by atoms with E-state index in [4.69, 9.17) is 14.9 Å². The fraction of sp³-hybridized carbons (Fsp3) is 0.556. The molecule has 1 aliphatic rings. The number of methoxy groups -OCH3 is 1. The molecule has 2 N–H and O–H groups in total. The maximum atomic E-state index is 15.5. The quantitative estimate of drug-likeness (QED) is 0.477. The SMILES string of the molecule is CCC(CC(=N)C(C)(C)C)C1(c2cc(NC(=O)c3ncc(OC)nc3C)ccc2F)COCC1C. The number of amides is 1. The van der Waals surface area contributed by atoms with E-state index in [9.17, 15) is 4.79 Å². The van der Waals surface area contributed by atoms with E-state index in [2.05, 4.69) is 29.1 Å². The molecule has 1 amide bonds. The summed E-state index contributed by atoms with van der Waals surface area (Å²) in [5.74, 6) is -0.369. The number of halogens is 1. The zero-order valence-corrected chi connectivity index (χ0v) is 21.8. The smallest absolute Gasteiger partial charge is 0.276 e. The summed E-state index contributed by atoms with van der Waals surface area (Å²) in [5.41, 5.74) is 1.38. The van der Waals surface area contributed by atoms with Gasteiger partial charge in [0, 0.05) is 16.8 Å². The first-order valence-corrected chi connectivity index (χ1v) is 12.1. The van der Waals surface area contributed by atoms with Crippen LogP contribution >= 0.6 is 0 Å². The van der Waals surface area contributed by atoms with Crippen LogP contribution in [0.3, 0.4) is 0 Å². The number of carbonyl (C=O) groups excluding carboxylic acids is 1. The van der Waals surface area contributed by atoms with Gasteiger partial charge in [-0.3, -0.25) is 4.79 Å². The minimum Gasteiger partial charge on any atom is -0.480 e. The minimum absolute atomic E-state index is 0.0156. The van der Waals surface area contributed by atoms with Gasteiger partial charge in [0.15, 0.2) is 0 Å². The molecule has 1 aromatic heterocycles. The molecule has 0 saturated carbocycles. The number of carbonyl (C=O) groups is 1. The summed E-state index contributed by atoms with van der Waals surface area (Å²) in [6.45, 7) is 12.8. The molecule has 3 unspecified atom stereocenters.